The van der Waals surface area contributed by atoms with Crippen LogP contribution in [-0.2, 0) is 4.79 Å². The number of ketones is 1. The molecular formula is C22H34O4. The third kappa shape index (κ3) is 2.21. The lowest BCUT2D eigenvalue weighted by Crippen LogP contribution is -2.62. The van der Waals surface area contributed by atoms with Gasteiger partial charge in [-0.05, 0) is 74.2 Å². The Kier molecular flexibility index (Phi) is 4.22. The second-order valence-corrected chi connectivity index (χ2v) is 9.96. The average molecular weight is 363 g/mol. The summed E-state index contributed by atoms with van der Waals surface area (Å²) in [5.41, 5.74) is -0.399. The zero-order valence-electron chi connectivity index (χ0n) is 16.4. The zero-order chi connectivity index (χ0) is 18.9. The van der Waals surface area contributed by atoms with Crippen molar-refractivity contribution in [3.05, 3.63) is 11.6 Å². The molecule has 0 aromatic heterocycles. The van der Waals surface area contributed by atoms with E-state index in [1.54, 1.807) is 0 Å². The summed E-state index contributed by atoms with van der Waals surface area (Å²) in [5, 5.41) is 33.3. The van der Waals surface area contributed by atoms with Crippen LogP contribution in [0.15, 0.2) is 11.6 Å². The first-order valence-corrected chi connectivity index (χ1v) is 10.5. The van der Waals surface area contributed by atoms with Gasteiger partial charge in [0.1, 0.15) is 0 Å². The molecule has 0 bridgehead atoms. The van der Waals surface area contributed by atoms with E-state index in [0.717, 1.165) is 25.7 Å². The van der Waals surface area contributed by atoms with Crippen molar-refractivity contribution in [2.24, 2.45) is 28.6 Å². The number of aliphatic hydroxyl groups excluding tert-OH is 2. The number of hydrogen-bond acceptors (Lipinski definition) is 4. The maximum Gasteiger partial charge on any atom is 0.155 e. The molecule has 8 atom stereocenters. The summed E-state index contributed by atoms with van der Waals surface area (Å²) in [4.78, 5) is 11.9. The number of rotatable bonds is 2. The number of aliphatic hydroxyl groups is 3. The molecule has 26 heavy (non-hydrogen) atoms. The van der Waals surface area contributed by atoms with Gasteiger partial charge in [0, 0.05) is 11.8 Å². The minimum atomic E-state index is -1.10. The fraction of sp³-hybridized carbons (Fsp3) is 0.864. The standard InChI is InChI=1S/C22H34O4/c1-4-18(25)22(26)10-8-16-15-6-5-13-11-14(23)7-9-20(13,2)19(15)17(24)12-21(16,22)3/h11,15-19,24-26H,4-10,12H2,1-3H3/t15-,16-,17-,18-,19+,20-,21-,22-/m0/s1. The topological polar surface area (TPSA) is 77.8 Å². The van der Waals surface area contributed by atoms with E-state index >= 15 is 0 Å². The molecule has 0 aliphatic heterocycles. The monoisotopic (exact) mass is 362 g/mol. The normalized spacial score (nSPS) is 51.9. The lowest BCUT2D eigenvalue weighted by Gasteiger charge is -2.61. The molecule has 4 heteroatoms. The van der Waals surface area contributed by atoms with Crippen LogP contribution in [0.3, 0.4) is 0 Å². The van der Waals surface area contributed by atoms with Gasteiger partial charge in [0.25, 0.3) is 0 Å². The first-order valence-electron chi connectivity index (χ1n) is 10.5. The van der Waals surface area contributed by atoms with Crippen molar-refractivity contribution in [2.45, 2.75) is 89.9 Å². The van der Waals surface area contributed by atoms with Crippen LogP contribution in [0.25, 0.3) is 0 Å². The van der Waals surface area contributed by atoms with Gasteiger partial charge in [-0.2, -0.15) is 0 Å². The van der Waals surface area contributed by atoms with Crippen LogP contribution in [0.2, 0.25) is 0 Å². The fourth-order valence-electron chi connectivity index (χ4n) is 7.61. The van der Waals surface area contributed by atoms with Crippen molar-refractivity contribution in [1.82, 2.24) is 0 Å². The highest BCUT2D eigenvalue weighted by molar-refractivity contribution is 5.91. The van der Waals surface area contributed by atoms with Gasteiger partial charge < -0.3 is 15.3 Å². The number of carbonyl (C=O) groups is 1. The number of fused-ring (bicyclic) bond motifs is 5. The largest absolute Gasteiger partial charge is 0.393 e. The zero-order valence-corrected chi connectivity index (χ0v) is 16.4. The van der Waals surface area contributed by atoms with E-state index in [1.165, 1.54) is 5.57 Å². The third-order valence-electron chi connectivity index (χ3n) is 9.05. The average Bonchev–Trinajstić information content (AvgIpc) is 2.86. The van der Waals surface area contributed by atoms with Gasteiger partial charge in [-0.15, -0.1) is 0 Å². The van der Waals surface area contributed by atoms with E-state index in [2.05, 4.69) is 13.8 Å². The molecule has 0 amide bonds. The first-order chi connectivity index (χ1) is 12.2. The van der Waals surface area contributed by atoms with Gasteiger partial charge in [0.05, 0.1) is 17.8 Å². The quantitative estimate of drug-likeness (QED) is 0.706. The molecule has 0 aromatic rings. The molecule has 0 radical (unpaired) electrons. The predicted molar refractivity (Wildman–Crippen MR) is 99.3 cm³/mol. The molecule has 3 N–H and O–H groups in total. The molecule has 4 aliphatic rings. The molecule has 0 spiro atoms. The smallest absolute Gasteiger partial charge is 0.155 e. The van der Waals surface area contributed by atoms with Crippen molar-refractivity contribution >= 4 is 5.78 Å². The minimum Gasteiger partial charge on any atom is -0.393 e. The van der Waals surface area contributed by atoms with Crippen LogP contribution in [0.1, 0.15) is 72.1 Å². The van der Waals surface area contributed by atoms with Crippen molar-refractivity contribution in [2.75, 3.05) is 0 Å². The van der Waals surface area contributed by atoms with E-state index < -0.39 is 23.2 Å². The summed E-state index contributed by atoms with van der Waals surface area (Å²) in [6.07, 6.45) is 6.58. The maximum absolute atomic E-state index is 11.9. The molecule has 4 aliphatic carbocycles. The Morgan fingerprint density at radius 2 is 1.96 bits per heavy atom. The molecule has 4 nitrogen and oxygen atoms in total. The summed E-state index contributed by atoms with van der Waals surface area (Å²) in [6, 6.07) is 0. The second kappa shape index (κ2) is 5.89. The van der Waals surface area contributed by atoms with E-state index in [9.17, 15) is 20.1 Å². The summed E-state index contributed by atoms with van der Waals surface area (Å²) in [7, 11) is 0. The number of allylic oxidation sites excluding steroid dienone is 1. The van der Waals surface area contributed by atoms with Crippen LogP contribution in [0, 0.1) is 28.6 Å². The molecule has 0 heterocycles. The summed E-state index contributed by atoms with van der Waals surface area (Å²) in [5.74, 6) is 1.08. The van der Waals surface area contributed by atoms with E-state index in [4.69, 9.17) is 0 Å². The first kappa shape index (κ1) is 18.6. The van der Waals surface area contributed by atoms with Crippen LogP contribution in [0.4, 0.5) is 0 Å². The molecule has 0 saturated heterocycles. The van der Waals surface area contributed by atoms with Gasteiger partial charge in [-0.25, -0.2) is 0 Å². The van der Waals surface area contributed by atoms with E-state index in [-0.39, 0.29) is 17.1 Å². The summed E-state index contributed by atoms with van der Waals surface area (Å²) in [6.45, 7) is 6.26. The Labute approximate surface area is 156 Å². The third-order valence-corrected chi connectivity index (χ3v) is 9.05. The van der Waals surface area contributed by atoms with Crippen LogP contribution >= 0.6 is 0 Å². The van der Waals surface area contributed by atoms with Gasteiger partial charge in [-0.3, -0.25) is 4.79 Å². The highest BCUT2D eigenvalue weighted by Crippen LogP contribution is 2.68. The highest BCUT2D eigenvalue weighted by Gasteiger charge is 2.67. The van der Waals surface area contributed by atoms with E-state index in [1.807, 2.05) is 13.0 Å². The lowest BCUT2D eigenvalue weighted by molar-refractivity contribution is -0.202. The van der Waals surface area contributed by atoms with Crippen LogP contribution in [0.5, 0.6) is 0 Å². The maximum atomic E-state index is 11.9. The van der Waals surface area contributed by atoms with Gasteiger partial charge in [0.2, 0.25) is 0 Å². The van der Waals surface area contributed by atoms with Crippen molar-refractivity contribution in [3.63, 3.8) is 0 Å². The molecule has 0 aromatic carbocycles. The molecule has 0 unspecified atom stereocenters. The SMILES string of the molecule is CC[C@H](O)[C@@]1(O)CC[C@H]2[C@@H]3CCC4=CC(=O)CC[C@]4(C)[C@H]3[C@@H](O)C[C@@]21C. The lowest BCUT2D eigenvalue weighted by atomic mass is 9.45. The van der Waals surface area contributed by atoms with Crippen molar-refractivity contribution in [1.29, 1.82) is 0 Å². The number of carbonyl (C=O) groups excluding carboxylic acids is 1. The van der Waals surface area contributed by atoms with Crippen molar-refractivity contribution in [3.8, 4) is 0 Å². The highest BCUT2D eigenvalue weighted by atomic mass is 16.3. The summed E-state index contributed by atoms with van der Waals surface area (Å²) >= 11 is 0. The Morgan fingerprint density at radius 1 is 1.23 bits per heavy atom. The Hall–Kier alpha value is -0.710. The van der Waals surface area contributed by atoms with E-state index in [0.29, 0.717) is 37.5 Å². The molecule has 3 fully saturated rings. The Morgan fingerprint density at radius 3 is 2.65 bits per heavy atom. The molecule has 3 saturated carbocycles. The second-order valence-electron chi connectivity index (χ2n) is 9.96. The Balaban J connectivity index is 1.72. The minimum absolute atomic E-state index is 0.0956. The summed E-state index contributed by atoms with van der Waals surface area (Å²) < 4.78 is 0. The molecule has 4 rings (SSSR count). The van der Waals surface area contributed by atoms with Crippen LogP contribution < -0.4 is 0 Å². The fourth-order valence-corrected chi connectivity index (χ4v) is 7.61. The number of hydrogen-bond donors (Lipinski definition) is 3. The molecule has 146 valence electrons. The van der Waals surface area contributed by atoms with Crippen LogP contribution in [-0.4, -0.2) is 38.9 Å². The van der Waals surface area contributed by atoms with Crippen molar-refractivity contribution < 1.29 is 20.1 Å². The van der Waals surface area contributed by atoms with Gasteiger partial charge in [0.15, 0.2) is 5.78 Å². The molecular weight excluding hydrogens is 328 g/mol. The van der Waals surface area contributed by atoms with Gasteiger partial charge in [-0.1, -0.05) is 26.3 Å². The van der Waals surface area contributed by atoms with Gasteiger partial charge >= 0.3 is 0 Å². The predicted octanol–water partition coefficient (Wildman–Crippen LogP) is 2.99. The Bertz CT molecular complexity index is 642.